The third-order valence-electron chi connectivity index (χ3n) is 4.15. The minimum absolute atomic E-state index is 0.000228. The van der Waals surface area contributed by atoms with Crippen LogP contribution >= 0.6 is 0 Å². The largest absolute Gasteiger partial charge is 0.454 e. The molecule has 0 spiro atoms. The molecule has 0 aliphatic carbocycles. The molecule has 2 aliphatic rings. The average Bonchev–Trinajstić information content (AvgIpc) is 2.94. The maximum Gasteiger partial charge on any atom is 0.243 e. The van der Waals surface area contributed by atoms with Gasteiger partial charge < -0.3 is 15.2 Å². The molecule has 21 heavy (non-hydrogen) atoms. The number of sulfonamides is 1. The molecular weight excluding hydrogens is 292 g/mol. The Bertz CT molecular complexity index is 630. The van der Waals surface area contributed by atoms with E-state index in [1.165, 1.54) is 10.4 Å². The molecule has 2 aliphatic heterocycles. The fourth-order valence-electron chi connectivity index (χ4n) is 2.81. The lowest BCUT2D eigenvalue weighted by atomic mass is 9.93. The van der Waals surface area contributed by atoms with E-state index in [1.54, 1.807) is 12.1 Å². The summed E-state index contributed by atoms with van der Waals surface area (Å²) < 4.78 is 37.5. The summed E-state index contributed by atoms with van der Waals surface area (Å²) >= 11 is 0. The van der Waals surface area contributed by atoms with E-state index in [1.807, 2.05) is 6.92 Å². The van der Waals surface area contributed by atoms with Crippen molar-refractivity contribution in [2.75, 3.05) is 19.9 Å². The van der Waals surface area contributed by atoms with Gasteiger partial charge in [0.05, 0.1) is 4.90 Å². The van der Waals surface area contributed by atoms with Crippen molar-refractivity contribution in [3.05, 3.63) is 18.2 Å². The number of hydrogen-bond donors (Lipinski definition) is 1. The van der Waals surface area contributed by atoms with Gasteiger partial charge in [-0.1, -0.05) is 0 Å². The molecule has 1 fully saturated rings. The van der Waals surface area contributed by atoms with Crippen molar-refractivity contribution < 1.29 is 17.9 Å². The molecule has 1 aromatic rings. The quantitative estimate of drug-likeness (QED) is 0.906. The van der Waals surface area contributed by atoms with Gasteiger partial charge in [-0.15, -0.1) is 0 Å². The van der Waals surface area contributed by atoms with Gasteiger partial charge in [0, 0.05) is 25.2 Å². The van der Waals surface area contributed by atoms with Gasteiger partial charge in [-0.25, -0.2) is 8.42 Å². The van der Waals surface area contributed by atoms with Crippen LogP contribution in [-0.4, -0.2) is 38.6 Å². The summed E-state index contributed by atoms with van der Waals surface area (Å²) in [5, 5.41) is 0. The Morgan fingerprint density at radius 1 is 1.33 bits per heavy atom. The SMILES string of the molecule is CC(N)C1CCCN(S(=O)(=O)c2ccc3c(c2)OCO3)C1. The van der Waals surface area contributed by atoms with Crippen molar-refractivity contribution in [2.24, 2.45) is 11.7 Å². The van der Waals surface area contributed by atoms with Gasteiger partial charge in [0.2, 0.25) is 16.8 Å². The first-order chi connectivity index (χ1) is 9.98. The Morgan fingerprint density at radius 3 is 2.86 bits per heavy atom. The molecule has 0 bridgehead atoms. The molecule has 116 valence electrons. The maximum atomic E-state index is 12.7. The van der Waals surface area contributed by atoms with Crippen LogP contribution in [0.5, 0.6) is 11.5 Å². The monoisotopic (exact) mass is 312 g/mol. The summed E-state index contributed by atoms with van der Waals surface area (Å²) in [4.78, 5) is 0.247. The summed E-state index contributed by atoms with van der Waals surface area (Å²) in [6.45, 7) is 3.09. The van der Waals surface area contributed by atoms with Gasteiger partial charge in [0.1, 0.15) is 0 Å². The van der Waals surface area contributed by atoms with Crippen LogP contribution in [0.1, 0.15) is 19.8 Å². The Labute approximate surface area is 124 Å². The maximum absolute atomic E-state index is 12.7. The lowest BCUT2D eigenvalue weighted by Crippen LogP contribution is -2.44. The number of rotatable bonds is 3. The second-order valence-electron chi connectivity index (χ2n) is 5.64. The van der Waals surface area contributed by atoms with Crippen LogP contribution in [0.2, 0.25) is 0 Å². The molecular formula is C14H20N2O4S. The van der Waals surface area contributed by atoms with Crippen molar-refractivity contribution in [3.8, 4) is 11.5 Å². The van der Waals surface area contributed by atoms with Gasteiger partial charge in [-0.2, -0.15) is 4.31 Å². The third kappa shape index (κ3) is 2.73. The van der Waals surface area contributed by atoms with Crippen LogP contribution in [-0.2, 0) is 10.0 Å². The zero-order valence-corrected chi connectivity index (χ0v) is 12.8. The molecule has 0 aromatic heterocycles. The Hall–Kier alpha value is -1.31. The number of nitrogens with zero attached hydrogens (tertiary/aromatic N) is 1. The number of nitrogens with two attached hydrogens (primary N) is 1. The van der Waals surface area contributed by atoms with Gasteiger partial charge in [-0.3, -0.25) is 0 Å². The van der Waals surface area contributed by atoms with Crippen LogP contribution in [0.15, 0.2) is 23.1 Å². The predicted octanol–water partition coefficient (Wildman–Crippen LogP) is 1.16. The zero-order valence-electron chi connectivity index (χ0n) is 12.0. The highest BCUT2D eigenvalue weighted by Crippen LogP contribution is 2.35. The average molecular weight is 312 g/mol. The zero-order chi connectivity index (χ0) is 15.0. The Balaban J connectivity index is 1.86. The smallest absolute Gasteiger partial charge is 0.243 e. The minimum atomic E-state index is -3.51. The van der Waals surface area contributed by atoms with E-state index < -0.39 is 10.0 Å². The van der Waals surface area contributed by atoms with E-state index in [2.05, 4.69) is 0 Å². The van der Waals surface area contributed by atoms with E-state index in [0.29, 0.717) is 24.6 Å². The molecule has 0 saturated carbocycles. The first kappa shape index (κ1) is 14.6. The van der Waals surface area contributed by atoms with Gasteiger partial charge in [0.25, 0.3) is 0 Å². The predicted molar refractivity (Wildman–Crippen MR) is 77.7 cm³/mol. The van der Waals surface area contributed by atoms with Gasteiger partial charge in [-0.05, 0) is 37.8 Å². The van der Waals surface area contributed by atoms with Crippen molar-refractivity contribution in [2.45, 2.75) is 30.7 Å². The van der Waals surface area contributed by atoms with Crippen LogP contribution in [0.3, 0.4) is 0 Å². The van der Waals surface area contributed by atoms with Crippen LogP contribution in [0, 0.1) is 5.92 Å². The van der Waals surface area contributed by atoms with E-state index in [9.17, 15) is 8.42 Å². The summed E-state index contributed by atoms with van der Waals surface area (Å²) in [7, 11) is -3.51. The molecule has 6 nitrogen and oxygen atoms in total. The van der Waals surface area contributed by atoms with Crippen LogP contribution < -0.4 is 15.2 Å². The molecule has 2 N–H and O–H groups in total. The van der Waals surface area contributed by atoms with Crippen LogP contribution in [0.4, 0.5) is 0 Å². The van der Waals surface area contributed by atoms with E-state index in [-0.39, 0.29) is 23.6 Å². The first-order valence-electron chi connectivity index (χ1n) is 7.14. The number of hydrogen-bond acceptors (Lipinski definition) is 5. The molecule has 0 radical (unpaired) electrons. The molecule has 2 unspecified atom stereocenters. The van der Waals surface area contributed by atoms with Crippen molar-refractivity contribution in [1.82, 2.24) is 4.31 Å². The number of benzene rings is 1. The minimum Gasteiger partial charge on any atom is -0.454 e. The highest BCUT2D eigenvalue weighted by molar-refractivity contribution is 7.89. The molecule has 0 amide bonds. The van der Waals surface area contributed by atoms with Gasteiger partial charge in [0.15, 0.2) is 11.5 Å². The highest BCUT2D eigenvalue weighted by atomic mass is 32.2. The molecule has 7 heteroatoms. The van der Waals surface area contributed by atoms with Crippen molar-refractivity contribution in [3.63, 3.8) is 0 Å². The molecule has 2 heterocycles. The van der Waals surface area contributed by atoms with Crippen molar-refractivity contribution >= 4 is 10.0 Å². The lowest BCUT2D eigenvalue weighted by molar-refractivity contribution is 0.174. The number of piperidine rings is 1. The number of fused-ring (bicyclic) bond motifs is 1. The third-order valence-corrected chi connectivity index (χ3v) is 6.01. The van der Waals surface area contributed by atoms with E-state index in [4.69, 9.17) is 15.2 Å². The van der Waals surface area contributed by atoms with Gasteiger partial charge >= 0.3 is 0 Å². The summed E-state index contributed by atoms with van der Waals surface area (Å²) in [6, 6.07) is 4.74. The van der Waals surface area contributed by atoms with E-state index in [0.717, 1.165) is 12.8 Å². The first-order valence-corrected chi connectivity index (χ1v) is 8.58. The molecule has 1 saturated heterocycles. The Morgan fingerprint density at radius 2 is 2.10 bits per heavy atom. The highest BCUT2D eigenvalue weighted by Gasteiger charge is 2.32. The second kappa shape index (κ2) is 5.47. The fraction of sp³-hybridized carbons (Fsp3) is 0.571. The Kier molecular flexibility index (Phi) is 3.81. The van der Waals surface area contributed by atoms with Crippen LogP contribution in [0.25, 0.3) is 0 Å². The molecule has 3 rings (SSSR count). The lowest BCUT2D eigenvalue weighted by Gasteiger charge is -2.33. The summed E-state index contributed by atoms with van der Waals surface area (Å²) in [5.74, 6) is 1.28. The topological polar surface area (TPSA) is 81.9 Å². The number of ether oxygens (including phenoxy) is 2. The second-order valence-corrected chi connectivity index (χ2v) is 7.58. The molecule has 2 atom stereocenters. The fourth-order valence-corrected chi connectivity index (χ4v) is 4.36. The standard InChI is InChI=1S/C14H20N2O4S/c1-10(15)11-3-2-6-16(8-11)21(17,18)12-4-5-13-14(7-12)20-9-19-13/h4-5,7,10-11H,2-3,6,8-9,15H2,1H3. The summed E-state index contributed by atoms with van der Waals surface area (Å²) in [6.07, 6.45) is 1.82. The molecule has 1 aromatic carbocycles. The van der Waals surface area contributed by atoms with E-state index >= 15 is 0 Å². The van der Waals surface area contributed by atoms with Crippen molar-refractivity contribution in [1.29, 1.82) is 0 Å². The summed E-state index contributed by atoms with van der Waals surface area (Å²) in [5.41, 5.74) is 5.93. The normalized spacial score (nSPS) is 24.0.